The Labute approximate surface area is 127 Å². The molecule has 0 spiro atoms. The molecule has 108 valence electrons. The molecule has 1 aromatic carbocycles. The van der Waals surface area contributed by atoms with Gasteiger partial charge in [-0.25, -0.2) is 4.85 Å². The zero-order valence-electron chi connectivity index (χ0n) is 13.1. The van der Waals surface area contributed by atoms with Crippen LogP contribution in [-0.2, 0) is 4.79 Å². The highest BCUT2D eigenvalue weighted by Crippen LogP contribution is 2.44. The summed E-state index contributed by atoms with van der Waals surface area (Å²) in [5.41, 5.74) is 1.89. The van der Waals surface area contributed by atoms with E-state index in [4.69, 9.17) is 6.57 Å². The smallest absolute Gasteiger partial charge is 0.226 e. The summed E-state index contributed by atoms with van der Waals surface area (Å²) in [7, 11) is 0. The van der Waals surface area contributed by atoms with Crippen molar-refractivity contribution in [2.45, 2.75) is 34.1 Å². The van der Waals surface area contributed by atoms with Gasteiger partial charge in [0.15, 0.2) is 5.78 Å². The maximum Gasteiger partial charge on any atom is 0.226 e. The fourth-order valence-electron chi connectivity index (χ4n) is 2.96. The van der Waals surface area contributed by atoms with Crippen LogP contribution in [-0.4, -0.2) is 5.78 Å². The van der Waals surface area contributed by atoms with Crippen molar-refractivity contribution < 1.29 is 4.79 Å². The van der Waals surface area contributed by atoms with Gasteiger partial charge in [-0.2, -0.15) is 0 Å². The van der Waals surface area contributed by atoms with E-state index < -0.39 is 5.41 Å². The molecule has 0 saturated heterocycles. The predicted molar refractivity (Wildman–Crippen MR) is 86.4 cm³/mol. The highest BCUT2D eigenvalue weighted by molar-refractivity contribution is 6.02. The molecule has 0 N–H and O–H groups in total. The first kappa shape index (κ1) is 15.3. The number of Topliss-reactive ketones (excluding diaryl/α,β-unsaturated/α-hetero) is 1. The molecule has 1 aliphatic carbocycles. The summed E-state index contributed by atoms with van der Waals surface area (Å²) in [6.45, 7) is 15.2. The third-order valence-corrected chi connectivity index (χ3v) is 3.99. The first-order valence-corrected chi connectivity index (χ1v) is 7.17. The molecule has 0 radical (unpaired) electrons. The summed E-state index contributed by atoms with van der Waals surface area (Å²) in [4.78, 5) is 15.6. The van der Waals surface area contributed by atoms with Gasteiger partial charge >= 0.3 is 0 Å². The number of ketones is 1. The number of allylic oxidation sites excluding steroid dienone is 3. The molecule has 2 rings (SSSR count). The van der Waals surface area contributed by atoms with Crippen molar-refractivity contribution in [1.82, 2.24) is 0 Å². The van der Waals surface area contributed by atoms with E-state index >= 15 is 0 Å². The molecule has 0 aliphatic heterocycles. The second kappa shape index (κ2) is 5.33. The van der Waals surface area contributed by atoms with Gasteiger partial charge in [-0.05, 0) is 24.3 Å². The number of nitrogens with zero attached hydrogens (tertiary/aromatic N) is 1. The quantitative estimate of drug-likeness (QED) is 0.711. The van der Waals surface area contributed by atoms with E-state index in [0.717, 1.165) is 12.0 Å². The summed E-state index contributed by atoms with van der Waals surface area (Å²) < 4.78 is 0. The molecule has 0 amide bonds. The van der Waals surface area contributed by atoms with E-state index in [1.54, 1.807) is 0 Å². The fraction of sp³-hybridized carbons (Fsp3) is 0.368. The first-order valence-electron chi connectivity index (χ1n) is 7.17. The van der Waals surface area contributed by atoms with Crippen LogP contribution >= 0.6 is 0 Å². The Balaban J connectivity index is 2.34. The van der Waals surface area contributed by atoms with E-state index in [1.807, 2.05) is 19.9 Å². The van der Waals surface area contributed by atoms with Gasteiger partial charge in [-0.15, -0.1) is 0 Å². The van der Waals surface area contributed by atoms with Crippen molar-refractivity contribution in [3.8, 4) is 0 Å². The van der Waals surface area contributed by atoms with E-state index in [-0.39, 0.29) is 16.9 Å². The first-order chi connectivity index (χ1) is 9.76. The number of hydrogen-bond acceptors (Lipinski definition) is 1. The van der Waals surface area contributed by atoms with E-state index in [2.05, 4.69) is 55.1 Å². The van der Waals surface area contributed by atoms with Gasteiger partial charge < -0.3 is 4.79 Å². The molecule has 0 saturated carbocycles. The van der Waals surface area contributed by atoms with Gasteiger partial charge in [0.05, 0.1) is 6.57 Å². The predicted octanol–water partition coefficient (Wildman–Crippen LogP) is 4.82. The topological polar surface area (TPSA) is 21.4 Å². The minimum absolute atomic E-state index is 0.0429. The molecule has 0 heterocycles. The van der Waals surface area contributed by atoms with Gasteiger partial charge in [0.2, 0.25) is 5.70 Å². The van der Waals surface area contributed by atoms with Gasteiger partial charge in [0, 0.05) is 5.41 Å². The van der Waals surface area contributed by atoms with E-state index in [1.165, 1.54) is 5.56 Å². The maximum absolute atomic E-state index is 12.2. The minimum Gasteiger partial charge on any atom is -0.307 e. The third-order valence-electron chi connectivity index (χ3n) is 3.99. The van der Waals surface area contributed by atoms with Crippen molar-refractivity contribution in [2.24, 2.45) is 10.8 Å². The zero-order chi connectivity index (χ0) is 15.7. The summed E-state index contributed by atoms with van der Waals surface area (Å²) in [6.07, 6.45) is 6.72. The maximum atomic E-state index is 12.2. The van der Waals surface area contributed by atoms with Crippen LogP contribution < -0.4 is 0 Å². The molecule has 2 nitrogen and oxygen atoms in total. The molecule has 1 atom stereocenters. The van der Waals surface area contributed by atoms with Crippen molar-refractivity contribution >= 4 is 11.9 Å². The largest absolute Gasteiger partial charge is 0.307 e. The second-order valence-corrected chi connectivity index (χ2v) is 6.78. The fourth-order valence-corrected chi connectivity index (χ4v) is 2.96. The molecular weight excluding hydrogens is 258 g/mol. The van der Waals surface area contributed by atoms with Crippen LogP contribution in [0.25, 0.3) is 10.9 Å². The van der Waals surface area contributed by atoms with Crippen molar-refractivity contribution in [3.63, 3.8) is 0 Å². The van der Waals surface area contributed by atoms with Crippen LogP contribution in [0, 0.1) is 24.3 Å². The van der Waals surface area contributed by atoms with Crippen molar-refractivity contribution in [1.29, 1.82) is 0 Å². The number of carbonyl (C=O) groups is 1. The van der Waals surface area contributed by atoms with E-state index in [9.17, 15) is 4.79 Å². The van der Waals surface area contributed by atoms with Crippen molar-refractivity contribution in [2.75, 3.05) is 0 Å². The molecule has 2 heteroatoms. The lowest BCUT2D eigenvalue weighted by Gasteiger charge is -2.37. The van der Waals surface area contributed by atoms with Crippen LogP contribution in [0.2, 0.25) is 0 Å². The molecule has 0 fully saturated rings. The van der Waals surface area contributed by atoms with Gasteiger partial charge in [0.25, 0.3) is 0 Å². The van der Waals surface area contributed by atoms with Crippen LogP contribution in [0.1, 0.15) is 38.3 Å². The zero-order valence-corrected chi connectivity index (χ0v) is 13.1. The highest BCUT2D eigenvalue weighted by Gasteiger charge is 2.41. The normalized spacial score (nSPS) is 24.7. The second-order valence-electron chi connectivity index (χ2n) is 6.78. The third kappa shape index (κ3) is 3.31. The molecule has 0 unspecified atom stereocenters. The van der Waals surface area contributed by atoms with Gasteiger partial charge in [-0.3, -0.25) is 0 Å². The number of rotatable bonds is 2. The minimum atomic E-state index is -0.485. The Bertz CT molecular complexity index is 656. The Kier molecular flexibility index (Phi) is 3.87. The lowest BCUT2D eigenvalue weighted by Crippen LogP contribution is -2.35. The highest BCUT2D eigenvalue weighted by atomic mass is 16.1. The molecule has 21 heavy (non-hydrogen) atoms. The molecule has 1 aliphatic rings. The Morgan fingerprint density at radius 1 is 1.19 bits per heavy atom. The number of benzene rings is 1. The Morgan fingerprint density at radius 2 is 1.81 bits per heavy atom. The summed E-state index contributed by atoms with van der Waals surface area (Å²) in [5.74, 6) is -0.0429. The van der Waals surface area contributed by atoms with Crippen LogP contribution in [0.5, 0.6) is 0 Å². The number of aryl methyl sites for hydroxylation is 1. The molecule has 0 bridgehead atoms. The summed E-state index contributed by atoms with van der Waals surface area (Å²) >= 11 is 0. The lowest BCUT2D eigenvalue weighted by molar-refractivity contribution is -0.124. The monoisotopic (exact) mass is 279 g/mol. The van der Waals surface area contributed by atoms with Gasteiger partial charge in [0.1, 0.15) is 0 Å². The SMILES string of the molecule is [C-]#[N+]C1=C[C@](C)(/C=C/c2ccc(C)cc2)CC(C)(C)C1=O. The molecule has 1 aromatic rings. The van der Waals surface area contributed by atoms with Crippen LogP contribution in [0.3, 0.4) is 0 Å². The number of hydrogen-bond donors (Lipinski definition) is 0. The average Bonchev–Trinajstić information content (AvgIpc) is 2.42. The van der Waals surface area contributed by atoms with E-state index in [0.29, 0.717) is 0 Å². The summed E-state index contributed by atoms with van der Waals surface area (Å²) in [5, 5.41) is 0. The van der Waals surface area contributed by atoms with Crippen LogP contribution in [0.15, 0.2) is 42.1 Å². The molecule has 0 aromatic heterocycles. The van der Waals surface area contributed by atoms with Gasteiger partial charge in [-0.1, -0.05) is 68.8 Å². The average molecular weight is 279 g/mol. The Morgan fingerprint density at radius 3 is 2.38 bits per heavy atom. The molecular formula is C19H21NO. The van der Waals surface area contributed by atoms with Crippen molar-refractivity contribution in [3.05, 3.63) is 64.7 Å². The summed E-state index contributed by atoms with van der Waals surface area (Å²) in [6, 6.07) is 8.31. The standard InChI is InChI=1S/C19H21NO/c1-14-6-8-15(9-7-14)10-11-19(4)12-16(20-5)17(21)18(2,3)13-19/h6-12H,13H2,1-4H3/b11-10+/t19-/m0/s1. The Hall–Kier alpha value is -2.14. The number of carbonyl (C=O) groups excluding carboxylic acids is 1. The lowest BCUT2D eigenvalue weighted by atomic mass is 9.66. The van der Waals surface area contributed by atoms with Crippen LogP contribution in [0.4, 0.5) is 0 Å².